The maximum Gasteiger partial charge on any atom is 0.0417 e. The molecule has 1 unspecified atom stereocenters. The SMILES string of the molecule is CCC1CCCCCN1c1ccccc1[C@H](N)CC. The van der Waals surface area contributed by atoms with E-state index in [0.717, 1.165) is 6.42 Å². The minimum atomic E-state index is 0.164. The molecule has 1 aliphatic heterocycles. The van der Waals surface area contributed by atoms with Gasteiger partial charge >= 0.3 is 0 Å². The lowest BCUT2D eigenvalue weighted by Gasteiger charge is -2.34. The molecule has 0 saturated carbocycles. The van der Waals surface area contributed by atoms with Crippen molar-refractivity contribution in [1.29, 1.82) is 0 Å². The summed E-state index contributed by atoms with van der Waals surface area (Å²) >= 11 is 0. The van der Waals surface area contributed by atoms with E-state index >= 15 is 0 Å². The van der Waals surface area contributed by atoms with Crippen LogP contribution in [0.3, 0.4) is 0 Å². The molecule has 0 aromatic heterocycles. The predicted octanol–water partition coefficient (Wildman–Crippen LogP) is 4.26. The van der Waals surface area contributed by atoms with E-state index in [2.05, 4.69) is 43.0 Å². The number of anilines is 1. The number of benzene rings is 1. The smallest absolute Gasteiger partial charge is 0.0417 e. The number of hydrogen-bond acceptors (Lipinski definition) is 2. The predicted molar refractivity (Wildman–Crippen MR) is 83.6 cm³/mol. The van der Waals surface area contributed by atoms with Crippen LogP contribution in [0.4, 0.5) is 5.69 Å². The average molecular weight is 260 g/mol. The minimum Gasteiger partial charge on any atom is -0.368 e. The lowest BCUT2D eigenvalue weighted by Crippen LogP contribution is -2.35. The Hall–Kier alpha value is -1.02. The largest absolute Gasteiger partial charge is 0.368 e. The van der Waals surface area contributed by atoms with Crippen LogP contribution in [0.1, 0.15) is 64.0 Å². The Morgan fingerprint density at radius 1 is 1.21 bits per heavy atom. The van der Waals surface area contributed by atoms with Gasteiger partial charge in [-0.25, -0.2) is 0 Å². The molecule has 1 aromatic carbocycles. The summed E-state index contributed by atoms with van der Waals surface area (Å²) in [4.78, 5) is 2.62. The summed E-state index contributed by atoms with van der Waals surface area (Å²) in [5, 5.41) is 0. The second-order valence-electron chi connectivity index (χ2n) is 5.68. The van der Waals surface area contributed by atoms with Crippen molar-refractivity contribution in [3.63, 3.8) is 0 Å². The van der Waals surface area contributed by atoms with Gasteiger partial charge in [-0.15, -0.1) is 0 Å². The molecule has 2 nitrogen and oxygen atoms in total. The number of hydrogen-bond donors (Lipinski definition) is 1. The molecule has 1 heterocycles. The highest BCUT2D eigenvalue weighted by Crippen LogP contribution is 2.32. The highest BCUT2D eigenvalue weighted by atomic mass is 15.2. The van der Waals surface area contributed by atoms with Crippen molar-refractivity contribution in [2.24, 2.45) is 5.73 Å². The van der Waals surface area contributed by atoms with E-state index in [9.17, 15) is 0 Å². The van der Waals surface area contributed by atoms with Gasteiger partial charge in [0.15, 0.2) is 0 Å². The molecule has 1 aliphatic rings. The fraction of sp³-hybridized carbons (Fsp3) is 0.647. The molecule has 1 saturated heterocycles. The summed E-state index contributed by atoms with van der Waals surface area (Å²) < 4.78 is 0. The zero-order valence-corrected chi connectivity index (χ0v) is 12.4. The van der Waals surface area contributed by atoms with Gasteiger partial charge in [-0.1, -0.05) is 44.9 Å². The van der Waals surface area contributed by atoms with Crippen molar-refractivity contribution in [2.75, 3.05) is 11.4 Å². The zero-order chi connectivity index (χ0) is 13.7. The van der Waals surface area contributed by atoms with Crippen molar-refractivity contribution in [2.45, 2.75) is 64.5 Å². The first-order valence-electron chi connectivity index (χ1n) is 7.89. The van der Waals surface area contributed by atoms with Crippen LogP contribution in [0.25, 0.3) is 0 Å². The molecule has 0 aliphatic carbocycles. The summed E-state index contributed by atoms with van der Waals surface area (Å²) in [5.74, 6) is 0. The Bertz CT molecular complexity index is 389. The van der Waals surface area contributed by atoms with Gasteiger partial charge in [0.25, 0.3) is 0 Å². The van der Waals surface area contributed by atoms with Crippen LogP contribution >= 0.6 is 0 Å². The molecule has 2 N–H and O–H groups in total. The second-order valence-corrected chi connectivity index (χ2v) is 5.68. The van der Waals surface area contributed by atoms with E-state index in [1.54, 1.807) is 0 Å². The molecule has 0 spiro atoms. The number of nitrogens with zero attached hydrogens (tertiary/aromatic N) is 1. The first-order valence-corrected chi connectivity index (χ1v) is 7.89. The van der Waals surface area contributed by atoms with Gasteiger partial charge in [0, 0.05) is 24.3 Å². The van der Waals surface area contributed by atoms with Gasteiger partial charge < -0.3 is 10.6 Å². The fourth-order valence-electron chi connectivity index (χ4n) is 3.20. The Kier molecular flexibility index (Phi) is 5.26. The lowest BCUT2D eigenvalue weighted by atomic mass is 10.00. The van der Waals surface area contributed by atoms with E-state index in [4.69, 9.17) is 5.73 Å². The number of para-hydroxylation sites is 1. The van der Waals surface area contributed by atoms with E-state index in [1.165, 1.54) is 49.9 Å². The van der Waals surface area contributed by atoms with Crippen molar-refractivity contribution in [3.8, 4) is 0 Å². The van der Waals surface area contributed by atoms with Gasteiger partial charge in [0.2, 0.25) is 0 Å². The Balaban J connectivity index is 2.32. The summed E-state index contributed by atoms with van der Waals surface area (Å²) in [7, 11) is 0. The van der Waals surface area contributed by atoms with Crippen molar-refractivity contribution < 1.29 is 0 Å². The lowest BCUT2D eigenvalue weighted by molar-refractivity contribution is 0.552. The second kappa shape index (κ2) is 6.95. The normalized spacial score (nSPS) is 22.1. The minimum absolute atomic E-state index is 0.164. The van der Waals surface area contributed by atoms with E-state index in [1.807, 2.05) is 0 Å². The molecular weight excluding hydrogens is 232 g/mol. The maximum atomic E-state index is 6.30. The average Bonchev–Trinajstić information content (AvgIpc) is 2.71. The Morgan fingerprint density at radius 3 is 2.74 bits per heavy atom. The van der Waals surface area contributed by atoms with Gasteiger partial charge in [0.05, 0.1) is 0 Å². The summed E-state index contributed by atoms with van der Waals surface area (Å²) in [6.07, 6.45) is 7.61. The number of rotatable bonds is 4. The molecule has 2 heteroatoms. The third-order valence-corrected chi connectivity index (χ3v) is 4.43. The monoisotopic (exact) mass is 260 g/mol. The van der Waals surface area contributed by atoms with Crippen molar-refractivity contribution >= 4 is 5.69 Å². The third kappa shape index (κ3) is 3.30. The molecule has 2 atom stereocenters. The molecule has 1 aromatic rings. The summed E-state index contributed by atoms with van der Waals surface area (Å²) in [5.41, 5.74) is 9.01. The standard InChI is InChI=1S/C17H28N2/c1-3-14-10-6-5-9-13-19(14)17-12-8-7-11-15(17)16(18)4-2/h7-8,11-12,14,16H,3-6,9-10,13,18H2,1-2H3/t14?,16-/m1/s1. The van der Waals surface area contributed by atoms with Crippen LogP contribution < -0.4 is 10.6 Å². The molecule has 0 amide bonds. The molecule has 19 heavy (non-hydrogen) atoms. The highest BCUT2D eigenvalue weighted by Gasteiger charge is 2.22. The topological polar surface area (TPSA) is 29.3 Å². The Morgan fingerprint density at radius 2 is 2.00 bits per heavy atom. The maximum absolute atomic E-state index is 6.30. The van der Waals surface area contributed by atoms with Crippen LogP contribution in [-0.4, -0.2) is 12.6 Å². The molecule has 0 radical (unpaired) electrons. The van der Waals surface area contributed by atoms with E-state index < -0.39 is 0 Å². The number of nitrogens with two attached hydrogens (primary N) is 1. The summed E-state index contributed by atoms with van der Waals surface area (Å²) in [6.45, 7) is 5.67. The molecule has 0 bridgehead atoms. The quantitative estimate of drug-likeness (QED) is 0.876. The highest BCUT2D eigenvalue weighted by molar-refractivity contribution is 5.56. The molecule has 106 valence electrons. The van der Waals surface area contributed by atoms with Crippen molar-refractivity contribution in [3.05, 3.63) is 29.8 Å². The Labute approximate surface area is 118 Å². The first kappa shape index (κ1) is 14.4. The molecule has 1 fully saturated rings. The van der Waals surface area contributed by atoms with Crippen LogP contribution in [0.5, 0.6) is 0 Å². The van der Waals surface area contributed by atoms with Gasteiger partial charge in [0.1, 0.15) is 0 Å². The fourth-order valence-corrected chi connectivity index (χ4v) is 3.20. The van der Waals surface area contributed by atoms with Crippen LogP contribution in [0, 0.1) is 0 Å². The molecular formula is C17H28N2. The van der Waals surface area contributed by atoms with E-state index in [-0.39, 0.29) is 6.04 Å². The molecule has 2 rings (SSSR count). The van der Waals surface area contributed by atoms with Crippen LogP contribution in [0.2, 0.25) is 0 Å². The van der Waals surface area contributed by atoms with Crippen LogP contribution in [0.15, 0.2) is 24.3 Å². The van der Waals surface area contributed by atoms with Gasteiger partial charge in [-0.05, 0) is 37.3 Å². The summed E-state index contributed by atoms with van der Waals surface area (Å²) in [6, 6.07) is 9.59. The third-order valence-electron chi connectivity index (χ3n) is 4.43. The van der Waals surface area contributed by atoms with E-state index in [0.29, 0.717) is 6.04 Å². The van der Waals surface area contributed by atoms with Crippen LogP contribution in [-0.2, 0) is 0 Å². The van der Waals surface area contributed by atoms with Gasteiger partial charge in [-0.3, -0.25) is 0 Å². The van der Waals surface area contributed by atoms with Crippen molar-refractivity contribution in [1.82, 2.24) is 0 Å². The first-order chi connectivity index (χ1) is 9.27. The van der Waals surface area contributed by atoms with Gasteiger partial charge in [-0.2, -0.15) is 0 Å². The zero-order valence-electron chi connectivity index (χ0n) is 12.4.